The average Bonchev–Trinajstić information content (AvgIpc) is 2.97. The minimum Gasteiger partial charge on any atom is -0.379 e. The fourth-order valence-electron chi connectivity index (χ4n) is 2.73. The molecule has 1 amide bonds. The van der Waals surface area contributed by atoms with Gasteiger partial charge in [0.2, 0.25) is 5.82 Å². The van der Waals surface area contributed by atoms with Crippen molar-refractivity contribution in [2.24, 2.45) is 0 Å². The SMILES string of the molecule is Cc1cc(C)n2nc(C(=O)NC[C@@H](C)N3CCOCC3)nc2n1. The van der Waals surface area contributed by atoms with E-state index in [1.54, 1.807) is 4.52 Å². The lowest BCUT2D eigenvalue weighted by Gasteiger charge is -2.32. The van der Waals surface area contributed by atoms with Crippen molar-refractivity contribution in [1.29, 1.82) is 0 Å². The molecule has 1 fully saturated rings. The number of aromatic nitrogens is 4. The standard InChI is InChI=1S/C15H22N6O2/c1-10-8-11(2)21-15(17-10)18-13(19-21)14(22)16-9-12(3)20-4-6-23-7-5-20/h8,12H,4-7,9H2,1-3H3,(H,16,22)/t12-/m1/s1. The maximum Gasteiger partial charge on any atom is 0.291 e. The fourth-order valence-corrected chi connectivity index (χ4v) is 2.73. The van der Waals surface area contributed by atoms with Gasteiger partial charge in [0.15, 0.2) is 0 Å². The van der Waals surface area contributed by atoms with E-state index < -0.39 is 0 Å². The quantitative estimate of drug-likeness (QED) is 0.866. The van der Waals surface area contributed by atoms with Gasteiger partial charge in [-0.3, -0.25) is 9.69 Å². The lowest BCUT2D eigenvalue weighted by molar-refractivity contribution is 0.0204. The van der Waals surface area contributed by atoms with E-state index in [-0.39, 0.29) is 17.8 Å². The van der Waals surface area contributed by atoms with Gasteiger partial charge in [0.25, 0.3) is 11.7 Å². The Kier molecular flexibility index (Phi) is 4.53. The zero-order valence-corrected chi connectivity index (χ0v) is 13.7. The Labute approximate surface area is 134 Å². The predicted molar refractivity (Wildman–Crippen MR) is 84.4 cm³/mol. The van der Waals surface area contributed by atoms with Gasteiger partial charge in [-0.15, -0.1) is 5.10 Å². The fraction of sp³-hybridized carbons (Fsp3) is 0.600. The monoisotopic (exact) mass is 318 g/mol. The molecule has 23 heavy (non-hydrogen) atoms. The van der Waals surface area contributed by atoms with Crippen LogP contribution < -0.4 is 5.32 Å². The van der Waals surface area contributed by atoms with Crippen LogP contribution in [0.2, 0.25) is 0 Å². The molecule has 0 aromatic carbocycles. The van der Waals surface area contributed by atoms with E-state index in [0.29, 0.717) is 12.3 Å². The molecule has 0 spiro atoms. The number of aryl methyl sites for hydroxylation is 2. The van der Waals surface area contributed by atoms with Gasteiger partial charge in [0.05, 0.1) is 13.2 Å². The van der Waals surface area contributed by atoms with Crippen LogP contribution in [-0.2, 0) is 4.74 Å². The molecule has 1 aliphatic rings. The van der Waals surface area contributed by atoms with Crippen molar-refractivity contribution in [2.75, 3.05) is 32.8 Å². The van der Waals surface area contributed by atoms with Crippen molar-refractivity contribution >= 4 is 11.7 Å². The highest BCUT2D eigenvalue weighted by Crippen LogP contribution is 2.06. The number of rotatable bonds is 4. The number of nitrogens with zero attached hydrogens (tertiary/aromatic N) is 5. The molecule has 1 saturated heterocycles. The summed E-state index contributed by atoms with van der Waals surface area (Å²) >= 11 is 0. The van der Waals surface area contributed by atoms with Crippen LogP contribution in [0.15, 0.2) is 6.07 Å². The van der Waals surface area contributed by atoms with Crippen LogP contribution in [0.3, 0.4) is 0 Å². The summed E-state index contributed by atoms with van der Waals surface area (Å²) in [7, 11) is 0. The molecule has 3 rings (SSSR count). The van der Waals surface area contributed by atoms with Gasteiger partial charge < -0.3 is 10.1 Å². The van der Waals surface area contributed by atoms with Crippen LogP contribution in [0.25, 0.3) is 5.78 Å². The van der Waals surface area contributed by atoms with E-state index in [4.69, 9.17) is 4.74 Å². The van der Waals surface area contributed by atoms with Gasteiger partial charge in [-0.05, 0) is 26.8 Å². The number of morpholine rings is 1. The van der Waals surface area contributed by atoms with E-state index in [1.807, 2.05) is 19.9 Å². The number of carbonyl (C=O) groups is 1. The number of ether oxygens (including phenoxy) is 1. The van der Waals surface area contributed by atoms with Crippen LogP contribution in [0.4, 0.5) is 0 Å². The summed E-state index contributed by atoms with van der Waals surface area (Å²) in [4.78, 5) is 23.1. The molecule has 1 N–H and O–H groups in total. The lowest BCUT2D eigenvalue weighted by atomic mass is 10.2. The van der Waals surface area contributed by atoms with Crippen molar-refractivity contribution < 1.29 is 9.53 Å². The molecular weight excluding hydrogens is 296 g/mol. The largest absolute Gasteiger partial charge is 0.379 e. The lowest BCUT2D eigenvalue weighted by Crippen LogP contribution is -2.47. The predicted octanol–water partition coefficient (Wildman–Crippen LogP) is 0.192. The Morgan fingerprint density at radius 3 is 2.83 bits per heavy atom. The first-order valence-electron chi connectivity index (χ1n) is 7.85. The molecule has 0 saturated carbocycles. The molecule has 2 aromatic heterocycles. The van der Waals surface area contributed by atoms with Gasteiger partial charge in [0.1, 0.15) is 0 Å². The Balaban J connectivity index is 1.65. The van der Waals surface area contributed by atoms with Crippen molar-refractivity contribution in [3.8, 4) is 0 Å². The third kappa shape index (κ3) is 3.48. The number of hydrogen-bond donors (Lipinski definition) is 1. The first-order chi connectivity index (χ1) is 11.0. The molecule has 0 radical (unpaired) electrons. The molecule has 124 valence electrons. The van der Waals surface area contributed by atoms with E-state index in [2.05, 4.69) is 32.2 Å². The molecule has 1 aliphatic heterocycles. The van der Waals surface area contributed by atoms with Crippen LogP contribution >= 0.6 is 0 Å². The molecule has 0 bridgehead atoms. The van der Waals surface area contributed by atoms with Crippen molar-refractivity contribution in [1.82, 2.24) is 29.8 Å². The van der Waals surface area contributed by atoms with Gasteiger partial charge >= 0.3 is 0 Å². The first kappa shape index (κ1) is 15.8. The second-order valence-corrected chi connectivity index (χ2v) is 5.89. The second-order valence-electron chi connectivity index (χ2n) is 5.89. The molecule has 3 heterocycles. The second kappa shape index (κ2) is 6.59. The van der Waals surface area contributed by atoms with Gasteiger partial charge in [-0.25, -0.2) is 9.50 Å². The summed E-state index contributed by atoms with van der Waals surface area (Å²) < 4.78 is 6.93. The minimum absolute atomic E-state index is 0.153. The van der Waals surface area contributed by atoms with E-state index in [1.165, 1.54) is 0 Å². The molecule has 0 aliphatic carbocycles. The first-order valence-corrected chi connectivity index (χ1v) is 7.85. The molecule has 8 heteroatoms. The number of hydrogen-bond acceptors (Lipinski definition) is 6. The van der Waals surface area contributed by atoms with Crippen molar-refractivity contribution in [3.63, 3.8) is 0 Å². The maximum absolute atomic E-state index is 12.3. The highest BCUT2D eigenvalue weighted by atomic mass is 16.5. The Morgan fingerprint density at radius 1 is 1.35 bits per heavy atom. The highest BCUT2D eigenvalue weighted by Gasteiger charge is 2.19. The summed E-state index contributed by atoms with van der Waals surface area (Å²) in [6.45, 7) is 9.74. The Hall–Kier alpha value is -2.06. The van der Waals surface area contributed by atoms with E-state index >= 15 is 0 Å². The normalized spacial score (nSPS) is 17.3. The summed E-state index contributed by atoms with van der Waals surface area (Å²) in [5, 5.41) is 7.14. The average molecular weight is 318 g/mol. The van der Waals surface area contributed by atoms with Gasteiger partial charge in [0, 0.05) is 37.1 Å². The van der Waals surface area contributed by atoms with E-state index in [9.17, 15) is 4.79 Å². The number of fused-ring (bicyclic) bond motifs is 1. The highest BCUT2D eigenvalue weighted by molar-refractivity contribution is 5.90. The summed E-state index contributed by atoms with van der Waals surface area (Å²) in [5.74, 6) is 0.335. The van der Waals surface area contributed by atoms with Gasteiger partial charge in [-0.2, -0.15) is 4.98 Å². The number of carbonyl (C=O) groups excluding carboxylic acids is 1. The summed E-state index contributed by atoms with van der Waals surface area (Å²) in [5.41, 5.74) is 1.76. The Morgan fingerprint density at radius 2 is 2.09 bits per heavy atom. The van der Waals surface area contributed by atoms with Crippen molar-refractivity contribution in [3.05, 3.63) is 23.3 Å². The number of nitrogens with one attached hydrogen (secondary N) is 1. The third-order valence-electron chi connectivity index (χ3n) is 4.05. The Bertz CT molecular complexity index is 707. The van der Waals surface area contributed by atoms with Crippen molar-refractivity contribution in [2.45, 2.75) is 26.8 Å². The minimum atomic E-state index is -0.271. The summed E-state index contributed by atoms with van der Waals surface area (Å²) in [6, 6.07) is 2.16. The zero-order chi connectivity index (χ0) is 16.4. The van der Waals surface area contributed by atoms with E-state index in [0.717, 1.165) is 37.7 Å². The maximum atomic E-state index is 12.3. The molecular formula is C15H22N6O2. The van der Waals surface area contributed by atoms with Crippen LogP contribution in [-0.4, -0.2) is 69.3 Å². The smallest absolute Gasteiger partial charge is 0.291 e. The van der Waals surface area contributed by atoms with Gasteiger partial charge in [-0.1, -0.05) is 0 Å². The molecule has 1 atom stereocenters. The zero-order valence-electron chi connectivity index (χ0n) is 13.7. The van der Waals surface area contributed by atoms with Crippen LogP contribution in [0, 0.1) is 13.8 Å². The third-order valence-corrected chi connectivity index (χ3v) is 4.05. The van der Waals surface area contributed by atoms with Crippen LogP contribution in [0.5, 0.6) is 0 Å². The molecule has 2 aromatic rings. The van der Waals surface area contributed by atoms with Crippen LogP contribution in [0.1, 0.15) is 28.9 Å². The molecule has 8 nitrogen and oxygen atoms in total. The molecule has 0 unspecified atom stereocenters. The topological polar surface area (TPSA) is 84.7 Å². The number of amides is 1. The summed E-state index contributed by atoms with van der Waals surface area (Å²) in [6.07, 6.45) is 0.